The molecule has 0 spiro atoms. The average Bonchev–Trinajstić information content (AvgIpc) is 3.14. The molecule has 4 aliphatic carbocycles. The minimum absolute atomic E-state index is 0.0980. The van der Waals surface area contributed by atoms with Gasteiger partial charge in [0.2, 0.25) is 0 Å². The molecule has 5 fully saturated rings. The molecule has 5 aliphatic rings. The zero-order valence-corrected chi connectivity index (χ0v) is 20.2. The predicted octanol–water partition coefficient (Wildman–Crippen LogP) is 4.54. The summed E-state index contributed by atoms with van der Waals surface area (Å²) in [6.45, 7) is 10.0. The highest BCUT2D eigenvalue weighted by Crippen LogP contribution is 2.71. The maximum absolute atomic E-state index is 11.8. The normalized spacial score (nSPS) is 53.0. The Labute approximate surface area is 189 Å². The van der Waals surface area contributed by atoms with Crippen molar-refractivity contribution in [1.82, 2.24) is 0 Å². The van der Waals surface area contributed by atoms with Crippen molar-refractivity contribution in [3.63, 3.8) is 0 Å². The highest BCUT2D eigenvalue weighted by Gasteiger charge is 2.72. The monoisotopic (exact) mass is 434 g/mol. The Morgan fingerprint density at radius 1 is 1.00 bits per heavy atom. The summed E-state index contributed by atoms with van der Waals surface area (Å²) >= 11 is 0. The maximum Gasteiger partial charge on any atom is 0.101 e. The fourth-order valence-electron chi connectivity index (χ4n) is 9.71. The van der Waals surface area contributed by atoms with E-state index in [0.29, 0.717) is 54.0 Å². The lowest BCUT2D eigenvalue weighted by Crippen LogP contribution is -2.66. The molecule has 1 saturated heterocycles. The van der Waals surface area contributed by atoms with E-state index >= 15 is 0 Å². The SMILES string of the molecule is CC(C)CC[C@H](O)[C@@H](C)[C@H]1CC[C@H]2[C@@H]3C[C@H]4OC[C@@]5(CC[C@@H](O)C[C@]45O)[C@H]3CC[C@]12C. The first-order valence-corrected chi connectivity index (χ1v) is 13.3. The fourth-order valence-corrected chi connectivity index (χ4v) is 9.71. The van der Waals surface area contributed by atoms with E-state index < -0.39 is 5.60 Å². The third-order valence-electron chi connectivity index (χ3n) is 11.4. The predicted molar refractivity (Wildman–Crippen MR) is 121 cm³/mol. The van der Waals surface area contributed by atoms with Crippen molar-refractivity contribution < 1.29 is 20.1 Å². The molecule has 5 rings (SSSR count). The summed E-state index contributed by atoms with van der Waals surface area (Å²) in [6, 6.07) is 0. The van der Waals surface area contributed by atoms with Crippen LogP contribution in [0.4, 0.5) is 0 Å². The number of fused-ring (bicyclic) bond motifs is 3. The maximum atomic E-state index is 11.8. The minimum atomic E-state index is -0.822. The molecule has 3 N–H and O–H groups in total. The van der Waals surface area contributed by atoms with Crippen molar-refractivity contribution in [1.29, 1.82) is 0 Å². The van der Waals surface area contributed by atoms with Crippen molar-refractivity contribution in [2.75, 3.05) is 6.61 Å². The average molecular weight is 435 g/mol. The van der Waals surface area contributed by atoms with Gasteiger partial charge in [-0.1, -0.05) is 27.7 Å². The second-order valence-corrected chi connectivity index (χ2v) is 13.0. The van der Waals surface area contributed by atoms with E-state index in [1.165, 1.54) is 25.7 Å². The van der Waals surface area contributed by atoms with Gasteiger partial charge in [0.1, 0.15) is 5.60 Å². The van der Waals surface area contributed by atoms with Crippen LogP contribution in [0.25, 0.3) is 0 Å². The second-order valence-electron chi connectivity index (χ2n) is 13.0. The largest absolute Gasteiger partial charge is 0.393 e. The standard InChI is InChI=1S/C27H46O4/c1-16(2)5-8-23(29)17(3)20-6-7-21-19-13-24-27(30)14-18(28)9-12-26(27,15-31-24)22(19)10-11-25(20,21)4/h16-24,28-30H,5-15H2,1-4H3/t17-,18+,19-,20+,21-,22-,23-,24+,25+,26-,27-/m0/s1. The number of rotatable bonds is 5. The highest BCUT2D eigenvalue weighted by atomic mass is 16.5. The Hall–Kier alpha value is -0.160. The molecule has 0 aromatic carbocycles. The van der Waals surface area contributed by atoms with Gasteiger partial charge in [0.15, 0.2) is 0 Å². The first-order chi connectivity index (χ1) is 14.6. The summed E-state index contributed by atoms with van der Waals surface area (Å²) < 4.78 is 6.31. The van der Waals surface area contributed by atoms with Gasteiger partial charge in [-0.3, -0.25) is 0 Å². The highest BCUT2D eigenvalue weighted by molar-refractivity contribution is 5.21. The lowest BCUT2D eigenvalue weighted by Gasteiger charge is -2.62. The van der Waals surface area contributed by atoms with Gasteiger partial charge in [0, 0.05) is 11.8 Å². The lowest BCUT2D eigenvalue weighted by atomic mass is 9.43. The van der Waals surface area contributed by atoms with Crippen LogP contribution >= 0.6 is 0 Å². The van der Waals surface area contributed by atoms with Gasteiger partial charge in [-0.2, -0.15) is 0 Å². The molecule has 31 heavy (non-hydrogen) atoms. The van der Waals surface area contributed by atoms with Gasteiger partial charge in [0.25, 0.3) is 0 Å². The molecule has 11 atom stereocenters. The van der Waals surface area contributed by atoms with E-state index in [2.05, 4.69) is 27.7 Å². The quantitative estimate of drug-likeness (QED) is 0.594. The lowest BCUT2D eigenvalue weighted by molar-refractivity contribution is -0.214. The van der Waals surface area contributed by atoms with E-state index in [1.807, 2.05) is 0 Å². The van der Waals surface area contributed by atoms with E-state index in [9.17, 15) is 15.3 Å². The molecule has 4 heteroatoms. The minimum Gasteiger partial charge on any atom is -0.393 e. The molecule has 0 radical (unpaired) electrons. The van der Waals surface area contributed by atoms with E-state index in [0.717, 1.165) is 32.1 Å². The molecule has 4 nitrogen and oxygen atoms in total. The van der Waals surface area contributed by atoms with Crippen LogP contribution in [0, 0.1) is 46.3 Å². The van der Waals surface area contributed by atoms with E-state index in [1.54, 1.807) is 0 Å². The van der Waals surface area contributed by atoms with Crippen molar-refractivity contribution >= 4 is 0 Å². The van der Waals surface area contributed by atoms with Crippen LogP contribution in [0.3, 0.4) is 0 Å². The number of ether oxygens (including phenoxy) is 1. The first-order valence-electron chi connectivity index (χ1n) is 13.3. The first kappa shape index (κ1) is 22.6. The second kappa shape index (κ2) is 7.68. The molecular formula is C27H46O4. The van der Waals surface area contributed by atoms with Gasteiger partial charge < -0.3 is 20.1 Å². The van der Waals surface area contributed by atoms with Crippen LogP contribution in [0.15, 0.2) is 0 Å². The Morgan fingerprint density at radius 3 is 2.52 bits per heavy atom. The topological polar surface area (TPSA) is 69.9 Å². The molecule has 2 bridgehead atoms. The molecule has 0 amide bonds. The molecule has 0 aromatic rings. The van der Waals surface area contributed by atoms with Crippen LogP contribution < -0.4 is 0 Å². The molecule has 4 saturated carbocycles. The summed E-state index contributed by atoms with van der Waals surface area (Å²) in [5.41, 5.74) is -0.654. The molecular weight excluding hydrogens is 388 g/mol. The van der Waals surface area contributed by atoms with Crippen LogP contribution in [0.2, 0.25) is 0 Å². The number of aliphatic hydroxyl groups is 3. The Balaban J connectivity index is 1.37. The zero-order chi connectivity index (χ0) is 22.2. The van der Waals surface area contributed by atoms with Crippen LogP contribution in [0.1, 0.15) is 91.9 Å². The Morgan fingerprint density at radius 2 is 1.77 bits per heavy atom. The van der Waals surface area contributed by atoms with Crippen molar-refractivity contribution in [2.24, 2.45) is 46.3 Å². The molecule has 1 heterocycles. The van der Waals surface area contributed by atoms with Crippen molar-refractivity contribution in [3.8, 4) is 0 Å². The smallest absolute Gasteiger partial charge is 0.101 e. The fraction of sp³-hybridized carbons (Fsp3) is 1.00. The number of aliphatic hydroxyl groups excluding tert-OH is 2. The summed E-state index contributed by atoms with van der Waals surface area (Å²) in [5.74, 6) is 3.46. The van der Waals surface area contributed by atoms with Crippen molar-refractivity contribution in [2.45, 2.75) is 116 Å². The van der Waals surface area contributed by atoms with Gasteiger partial charge in [0.05, 0.1) is 24.9 Å². The van der Waals surface area contributed by atoms with Crippen LogP contribution in [0.5, 0.6) is 0 Å². The van der Waals surface area contributed by atoms with Gasteiger partial charge in [-0.25, -0.2) is 0 Å². The summed E-state index contributed by atoms with van der Waals surface area (Å²) in [7, 11) is 0. The third-order valence-corrected chi connectivity index (χ3v) is 11.4. The number of hydrogen-bond donors (Lipinski definition) is 3. The molecule has 0 aromatic heterocycles. The van der Waals surface area contributed by atoms with Crippen LogP contribution in [-0.2, 0) is 4.74 Å². The molecule has 178 valence electrons. The summed E-state index contributed by atoms with van der Waals surface area (Å²) in [5, 5.41) is 33.1. The zero-order valence-electron chi connectivity index (χ0n) is 20.2. The number of hydrogen-bond acceptors (Lipinski definition) is 4. The third kappa shape index (κ3) is 3.14. The van der Waals surface area contributed by atoms with Gasteiger partial charge in [-0.05, 0) is 98.7 Å². The van der Waals surface area contributed by atoms with Crippen LogP contribution in [-0.4, -0.2) is 45.8 Å². The summed E-state index contributed by atoms with van der Waals surface area (Å²) in [6.07, 6.45) is 9.48. The summed E-state index contributed by atoms with van der Waals surface area (Å²) in [4.78, 5) is 0. The molecule has 0 unspecified atom stereocenters. The van der Waals surface area contributed by atoms with E-state index in [-0.39, 0.29) is 23.7 Å². The van der Waals surface area contributed by atoms with Gasteiger partial charge in [-0.15, -0.1) is 0 Å². The van der Waals surface area contributed by atoms with Crippen molar-refractivity contribution in [3.05, 3.63) is 0 Å². The van der Waals surface area contributed by atoms with Gasteiger partial charge >= 0.3 is 0 Å². The molecule has 1 aliphatic heterocycles. The Kier molecular flexibility index (Phi) is 5.61. The van der Waals surface area contributed by atoms with E-state index in [4.69, 9.17) is 4.74 Å². The Bertz CT molecular complexity index is 680.